The summed E-state index contributed by atoms with van der Waals surface area (Å²) < 4.78 is 13.2. The van der Waals surface area contributed by atoms with Crippen molar-refractivity contribution in [3.8, 4) is 17.0 Å². The van der Waals surface area contributed by atoms with Gasteiger partial charge in [-0.15, -0.1) is 0 Å². The van der Waals surface area contributed by atoms with Gasteiger partial charge in [-0.1, -0.05) is 6.07 Å². The number of aromatic nitrogens is 4. The zero-order valence-electron chi connectivity index (χ0n) is 17.5. The Balaban J connectivity index is 1.31. The minimum absolute atomic E-state index is 0.657. The van der Waals surface area contributed by atoms with E-state index in [2.05, 4.69) is 25.5 Å². The molecule has 32 heavy (non-hydrogen) atoms. The Kier molecular flexibility index (Phi) is 4.73. The summed E-state index contributed by atoms with van der Waals surface area (Å²) in [7, 11) is 0. The third-order valence-corrected chi connectivity index (χ3v) is 5.67. The number of morpholine rings is 1. The molecule has 162 valence electrons. The van der Waals surface area contributed by atoms with Crippen molar-refractivity contribution in [2.75, 3.05) is 55.0 Å². The van der Waals surface area contributed by atoms with Crippen molar-refractivity contribution in [2.24, 2.45) is 0 Å². The van der Waals surface area contributed by atoms with Crippen molar-refractivity contribution in [1.29, 1.82) is 0 Å². The summed E-state index contributed by atoms with van der Waals surface area (Å²) in [4.78, 5) is 16.2. The number of hydrogen-bond acceptors (Lipinski definition) is 8. The molecule has 2 aliphatic heterocycles. The Bertz CT molecular complexity index is 1250. The Morgan fingerprint density at radius 1 is 1.03 bits per heavy atom. The molecular formula is C23H23N7O2. The molecule has 6 rings (SSSR count). The fraction of sp³-hybridized carbons (Fsp3) is 0.261. The highest BCUT2D eigenvalue weighted by atomic mass is 16.5. The van der Waals surface area contributed by atoms with Crippen LogP contribution >= 0.6 is 0 Å². The van der Waals surface area contributed by atoms with Crippen LogP contribution in [0.4, 0.5) is 23.0 Å². The van der Waals surface area contributed by atoms with Crippen molar-refractivity contribution in [3.63, 3.8) is 0 Å². The second-order valence-corrected chi connectivity index (χ2v) is 7.75. The maximum absolute atomic E-state index is 5.80. The quantitative estimate of drug-likeness (QED) is 0.511. The van der Waals surface area contributed by atoms with Crippen LogP contribution in [-0.4, -0.2) is 58.8 Å². The predicted molar refractivity (Wildman–Crippen MR) is 123 cm³/mol. The Labute approximate surface area is 185 Å². The smallest absolute Gasteiger partial charge is 0.180 e. The van der Waals surface area contributed by atoms with Crippen molar-refractivity contribution >= 4 is 28.7 Å². The summed E-state index contributed by atoms with van der Waals surface area (Å²) in [5, 5.41) is 6.74. The Hall–Kier alpha value is -3.85. The first-order valence-corrected chi connectivity index (χ1v) is 10.7. The van der Waals surface area contributed by atoms with Gasteiger partial charge in [-0.2, -0.15) is 0 Å². The second-order valence-electron chi connectivity index (χ2n) is 7.75. The van der Waals surface area contributed by atoms with Crippen LogP contribution in [-0.2, 0) is 4.74 Å². The molecule has 1 saturated heterocycles. The van der Waals surface area contributed by atoms with E-state index in [0.717, 1.165) is 72.7 Å². The summed E-state index contributed by atoms with van der Waals surface area (Å²) >= 11 is 0. The van der Waals surface area contributed by atoms with E-state index in [0.29, 0.717) is 12.4 Å². The third-order valence-electron chi connectivity index (χ3n) is 5.67. The summed E-state index contributed by atoms with van der Waals surface area (Å²) in [5.41, 5.74) is 4.42. The predicted octanol–water partition coefficient (Wildman–Crippen LogP) is 3.18. The molecule has 4 aromatic rings. The van der Waals surface area contributed by atoms with Crippen molar-refractivity contribution in [2.45, 2.75) is 0 Å². The summed E-state index contributed by atoms with van der Waals surface area (Å²) in [6.45, 7) is 4.67. The monoisotopic (exact) mass is 429 g/mol. The number of pyridine rings is 1. The molecular weight excluding hydrogens is 406 g/mol. The molecule has 0 aliphatic carbocycles. The number of hydrogen-bond donors (Lipinski definition) is 2. The molecule has 0 bridgehead atoms. The van der Waals surface area contributed by atoms with Gasteiger partial charge in [0, 0.05) is 43.8 Å². The highest BCUT2D eigenvalue weighted by Gasteiger charge is 2.15. The normalized spacial score (nSPS) is 15.7. The van der Waals surface area contributed by atoms with E-state index in [1.54, 1.807) is 6.20 Å². The number of fused-ring (bicyclic) bond motifs is 2. The molecule has 1 aromatic carbocycles. The molecule has 5 heterocycles. The van der Waals surface area contributed by atoms with E-state index in [4.69, 9.17) is 14.5 Å². The lowest BCUT2D eigenvalue weighted by atomic mass is 10.1. The highest BCUT2D eigenvalue weighted by Crippen LogP contribution is 2.33. The van der Waals surface area contributed by atoms with E-state index in [-0.39, 0.29) is 0 Å². The third kappa shape index (κ3) is 3.56. The summed E-state index contributed by atoms with van der Waals surface area (Å²) in [5.74, 6) is 2.47. The van der Waals surface area contributed by atoms with E-state index in [1.807, 2.05) is 53.3 Å². The molecule has 2 aliphatic rings. The molecule has 3 aromatic heterocycles. The lowest BCUT2D eigenvalue weighted by molar-refractivity contribution is 0.122. The molecule has 0 spiro atoms. The maximum Gasteiger partial charge on any atom is 0.180 e. The van der Waals surface area contributed by atoms with Gasteiger partial charge in [0.1, 0.15) is 18.2 Å². The van der Waals surface area contributed by atoms with Crippen molar-refractivity contribution < 1.29 is 9.47 Å². The van der Waals surface area contributed by atoms with Gasteiger partial charge in [0.25, 0.3) is 0 Å². The number of imidazole rings is 1. The Morgan fingerprint density at radius 2 is 1.97 bits per heavy atom. The summed E-state index contributed by atoms with van der Waals surface area (Å²) in [6.07, 6.45) is 7.50. The van der Waals surface area contributed by atoms with Crippen LogP contribution in [0.25, 0.3) is 16.9 Å². The minimum atomic E-state index is 0.657. The number of anilines is 4. The van der Waals surface area contributed by atoms with Crippen LogP contribution in [0, 0.1) is 0 Å². The van der Waals surface area contributed by atoms with Crippen LogP contribution in [0.3, 0.4) is 0 Å². The molecule has 9 nitrogen and oxygen atoms in total. The van der Waals surface area contributed by atoms with Crippen LogP contribution in [0.15, 0.2) is 55.1 Å². The lowest BCUT2D eigenvalue weighted by Gasteiger charge is -2.27. The van der Waals surface area contributed by atoms with Crippen LogP contribution < -0.4 is 20.3 Å². The minimum Gasteiger partial charge on any atom is -0.490 e. The number of nitrogens with zero attached hydrogens (tertiary/aromatic N) is 5. The van der Waals surface area contributed by atoms with Gasteiger partial charge in [0.05, 0.1) is 36.5 Å². The first kappa shape index (κ1) is 18.9. The van der Waals surface area contributed by atoms with E-state index in [9.17, 15) is 0 Å². The average molecular weight is 429 g/mol. The molecule has 9 heteroatoms. The van der Waals surface area contributed by atoms with E-state index in [1.165, 1.54) is 0 Å². The molecule has 0 amide bonds. The van der Waals surface area contributed by atoms with E-state index < -0.39 is 0 Å². The van der Waals surface area contributed by atoms with Gasteiger partial charge in [-0.3, -0.25) is 0 Å². The average Bonchev–Trinajstić information content (AvgIpc) is 3.34. The molecule has 0 atom stereocenters. The SMILES string of the molecule is c1cn2cc(-c3ccc4c(c3)OCCN4)nc(Nc3ccc(N4CCOCC4)nc3)c2n1. The zero-order chi connectivity index (χ0) is 21.3. The number of ether oxygens (including phenoxy) is 2. The zero-order valence-corrected chi connectivity index (χ0v) is 17.5. The molecule has 2 N–H and O–H groups in total. The standard InChI is InChI=1S/C23H23N7O2/c1-3-18-20(32-10-6-24-18)13-16(1)19-15-30-7-5-25-23(30)22(28-19)27-17-2-4-21(26-14-17)29-8-11-31-12-9-29/h1-5,7,13-15,24H,6,8-12H2,(H,27,28). The van der Waals surface area contributed by atoms with Gasteiger partial charge >= 0.3 is 0 Å². The molecule has 0 saturated carbocycles. The van der Waals surface area contributed by atoms with Crippen molar-refractivity contribution in [1.82, 2.24) is 19.4 Å². The van der Waals surface area contributed by atoms with Gasteiger partial charge < -0.3 is 29.4 Å². The number of rotatable bonds is 4. The summed E-state index contributed by atoms with van der Waals surface area (Å²) in [6, 6.07) is 10.1. The van der Waals surface area contributed by atoms with Crippen molar-refractivity contribution in [3.05, 3.63) is 55.1 Å². The first-order chi connectivity index (χ1) is 15.8. The van der Waals surface area contributed by atoms with Crippen LogP contribution in [0.2, 0.25) is 0 Å². The van der Waals surface area contributed by atoms with Gasteiger partial charge in [-0.25, -0.2) is 15.0 Å². The fourth-order valence-corrected chi connectivity index (χ4v) is 4.02. The van der Waals surface area contributed by atoms with Gasteiger partial charge in [0.15, 0.2) is 11.5 Å². The maximum atomic E-state index is 5.80. The lowest BCUT2D eigenvalue weighted by Crippen LogP contribution is -2.36. The largest absolute Gasteiger partial charge is 0.490 e. The van der Waals surface area contributed by atoms with Crippen LogP contribution in [0.5, 0.6) is 5.75 Å². The van der Waals surface area contributed by atoms with Crippen LogP contribution in [0.1, 0.15) is 0 Å². The van der Waals surface area contributed by atoms with Gasteiger partial charge in [-0.05, 0) is 24.3 Å². The second kappa shape index (κ2) is 8.01. The molecule has 0 unspecified atom stereocenters. The van der Waals surface area contributed by atoms with E-state index >= 15 is 0 Å². The Morgan fingerprint density at radius 3 is 2.84 bits per heavy atom. The first-order valence-electron chi connectivity index (χ1n) is 10.7. The number of benzene rings is 1. The molecule has 1 fully saturated rings. The topological polar surface area (TPSA) is 88.8 Å². The van der Waals surface area contributed by atoms with Gasteiger partial charge in [0.2, 0.25) is 0 Å². The number of nitrogens with one attached hydrogen (secondary N) is 2. The fourth-order valence-electron chi connectivity index (χ4n) is 4.02. The molecule has 0 radical (unpaired) electrons. The highest BCUT2D eigenvalue weighted by molar-refractivity contribution is 5.75.